The molecule has 0 atom stereocenters. The molecule has 1 aromatic heterocycles. The minimum atomic E-state index is 0.525. The van der Waals surface area contributed by atoms with E-state index in [1.54, 1.807) is 0 Å². The number of hydrogen-bond acceptors (Lipinski definition) is 5. The number of halogens is 2. The molecular weight excluding hydrogens is 398 g/mol. The molecule has 21 heavy (non-hydrogen) atoms. The van der Waals surface area contributed by atoms with Gasteiger partial charge in [-0.3, -0.25) is 0 Å². The maximum atomic E-state index is 5.40. The number of rotatable bonds is 3. The van der Waals surface area contributed by atoms with Gasteiger partial charge in [-0.25, -0.2) is 15.8 Å². The van der Waals surface area contributed by atoms with Crippen molar-refractivity contribution in [2.75, 3.05) is 10.7 Å². The summed E-state index contributed by atoms with van der Waals surface area (Å²) in [6, 6.07) is 12.3. The van der Waals surface area contributed by atoms with Gasteiger partial charge in [-0.15, -0.1) is 0 Å². The van der Waals surface area contributed by atoms with E-state index in [0.29, 0.717) is 16.1 Å². The van der Waals surface area contributed by atoms with Crippen molar-refractivity contribution in [1.29, 1.82) is 0 Å². The highest BCUT2D eigenvalue weighted by atomic mass is 79.9. The maximum Gasteiger partial charge on any atom is 0.159 e. The highest BCUT2D eigenvalue weighted by molar-refractivity contribution is 9.11. The number of fused-ring (bicyclic) bond motifs is 1. The van der Waals surface area contributed by atoms with Crippen molar-refractivity contribution in [2.45, 2.75) is 0 Å². The smallest absolute Gasteiger partial charge is 0.159 e. The molecule has 7 heteroatoms. The van der Waals surface area contributed by atoms with Gasteiger partial charge in [-0.2, -0.15) is 0 Å². The number of nitrogen functional groups attached to an aromatic ring is 1. The molecule has 0 saturated carbocycles. The number of aromatic nitrogens is 2. The molecule has 106 valence electrons. The van der Waals surface area contributed by atoms with Crippen LogP contribution < -0.4 is 16.6 Å². The average molecular weight is 409 g/mol. The van der Waals surface area contributed by atoms with Crippen LogP contribution in [0.1, 0.15) is 0 Å². The summed E-state index contributed by atoms with van der Waals surface area (Å²) < 4.78 is 1.75. The van der Waals surface area contributed by atoms with E-state index in [1.165, 1.54) is 11.7 Å². The minimum Gasteiger partial charge on any atom is -0.339 e. The molecular formula is C14H11Br2N5. The molecule has 0 bridgehead atoms. The van der Waals surface area contributed by atoms with Gasteiger partial charge in [0.25, 0.3) is 0 Å². The first-order chi connectivity index (χ1) is 10.2. The van der Waals surface area contributed by atoms with Crippen LogP contribution in [-0.4, -0.2) is 9.97 Å². The van der Waals surface area contributed by atoms with Crippen molar-refractivity contribution < 1.29 is 0 Å². The van der Waals surface area contributed by atoms with Crippen LogP contribution >= 0.6 is 31.9 Å². The van der Waals surface area contributed by atoms with Gasteiger partial charge in [-0.1, -0.05) is 28.1 Å². The first kappa shape index (κ1) is 14.2. The Morgan fingerprint density at radius 1 is 0.905 bits per heavy atom. The predicted molar refractivity (Wildman–Crippen MR) is 92.5 cm³/mol. The lowest BCUT2D eigenvalue weighted by atomic mass is 10.1. The van der Waals surface area contributed by atoms with Gasteiger partial charge in [-0.05, 0) is 51.0 Å². The van der Waals surface area contributed by atoms with Gasteiger partial charge in [0, 0.05) is 10.2 Å². The van der Waals surface area contributed by atoms with Crippen LogP contribution in [0.15, 0.2) is 51.7 Å². The van der Waals surface area contributed by atoms with Crippen LogP contribution in [-0.2, 0) is 0 Å². The van der Waals surface area contributed by atoms with E-state index < -0.39 is 0 Å². The Hall–Kier alpha value is -1.70. The summed E-state index contributed by atoms with van der Waals surface area (Å²) >= 11 is 6.89. The Morgan fingerprint density at radius 3 is 2.43 bits per heavy atom. The third kappa shape index (κ3) is 2.99. The van der Waals surface area contributed by atoms with Crippen LogP contribution in [0, 0.1) is 0 Å². The molecule has 4 N–H and O–H groups in total. The molecule has 1 heterocycles. The lowest BCUT2D eigenvalue weighted by Gasteiger charge is -2.10. The van der Waals surface area contributed by atoms with Gasteiger partial charge in [0.05, 0.1) is 0 Å². The van der Waals surface area contributed by atoms with Gasteiger partial charge in [0.1, 0.15) is 16.6 Å². The summed E-state index contributed by atoms with van der Waals surface area (Å²) in [6.07, 6.45) is 1.44. The van der Waals surface area contributed by atoms with Crippen LogP contribution in [0.3, 0.4) is 0 Å². The largest absolute Gasteiger partial charge is 0.339 e. The molecule has 2 aromatic carbocycles. The number of hydrogen-bond donors (Lipinski definition) is 3. The fourth-order valence-electron chi connectivity index (χ4n) is 1.99. The number of hydrazine groups is 1. The van der Waals surface area contributed by atoms with Crippen molar-refractivity contribution in [2.24, 2.45) is 5.84 Å². The van der Waals surface area contributed by atoms with E-state index in [2.05, 4.69) is 76.8 Å². The summed E-state index contributed by atoms with van der Waals surface area (Å²) in [6.45, 7) is 0. The van der Waals surface area contributed by atoms with Crippen molar-refractivity contribution >= 4 is 60.0 Å². The SMILES string of the molecule is NNc1ncnc(Nc2ccc3cc(Br)ccc3c2)c1Br. The second-order valence-electron chi connectivity index (χ2n) is 4.36. The second-order valence-corrected chi connectivity index (χ2v) is 6.07. The zero-order chi connectivity index (χ0) is 14.8. The van der Waals surface area contributed by atoms with Crippen molar-refractivity contribution in [3.05, 3.63) is 51.7 Å². The lowest BCUT2D eigenvalue weighted by Crippen LogP contribution is -2.10. The van der Waals surface area contributed by atoms with Crippen LogP contribution in [0.2, 0.25) is 0 Å². The van der Waals surface area contributed by atoms with Gasteiger partial charge in [0.15, 0.2) is 5.82 Å². The number of nitrogens with zero attached hydrogens (tertiary/aromatic N) is 2. The van der Waals surface area contributed by atoms with Crippen LogP contribution in [0.25, 0.3) is 10.8 Å². The predicted octanol–water partition coefficient (Wildman–Crippen LogP) is 4.18. The molecule has 0 aliphatic rings. The van der Waals surface area contributed by atoms with Gasteiger partial charge >= 0.3 is 0 Å². The highest BCUT2D eigenvalue weighted by Gasteiger charge is 2.08. The first-order valence-corrected chi connectivity index (χ1v) is 7.69. The summed E-state index contributed by atoms with van der Waals surface area (Å²) in [5, 5.41) is 5.56. The zero-order valence-electron chi connectivity index (χ0n) is 10.8. The normalized spacial score (nSPS) is 10.6. The van der Waals surface area contributed by atoms with Gasteiger partial charge < -0.3 is 10.7 Å². The molecule has 0 aliphatic carbocycles. The summed E-state index contributed by atoms with van der Waals surface area (Å²) in [4.78, 5) is 8.22. The summed E-state index contributed by atoms with van der Waals surface area (Å²) in [5.41, 5.74) is 3.45. The summed E-state index contributed by atoms with van der Waals surface area (Å²) in [7, 11) is 0. The second kappa shape index (κ2) is 5.97. The first-order valence-electron chi connectivity index (χ1n) is 6.11. The Morgan fingerprint density at radius 2 is 1.62 bits per heavy atom. The van der Waals surface area contributed by atoms with Crippen molar-refractivity contribution in [3.8, 4) is 0 Å². The average Bonchev–Trinajstić information content (AvgIpc) is 2.49. The van der Waals surface area contributed by atoms with Crippen molar-refractivity contribution in [3.63, 3.8) is 0 Å². The van der Waals surface area contributed by atoms with E-state index in [0.717, 1.165) is 15.5 Å². The van der Waals surface area contributed by atoms with E-state index in [4.69, 9.17) is 5.84 Å². The van der Waals surface area contributed by atoms with Crippen molar-refractivity contribution in [1.82, 2.24) is 9.97 Å². The minimum absolute atomic E-state index is 0.525. The molecule has 0 unspecified atom stereocenters. The standard InChI is InChI=1S/C14H11Br2N5/c15-10-3-1-9-6-11(4-2-8(9)5-10)20-13-12(16)14(21-17)19-7-18-13/h1-7H,17H2,(H2,18,19,20,21). The number of nitrogens with two attached hydrogens (primary N) is 1. The lowest BCUT2D eigenvalue weighted by molar-refractivity contribution is 1.12. The molecule has 0 fully saturated rings. The Bertz CT molecular complexity index is 806. The molecule has 0 spiro atoms. The Labute approximate surface area is 138 Å². The maximum absolute atomic E-state index is 5.40. The Kier molecular flexibility index (Phi) is 4.05. The van der Waals surface area contributed by atoms with Crippen LogP contribution in [0.4, 0.5) is 17.3 Å². The van der Waals surface area contributed by atoms with E-state index in [9.17, 15) is 0 Å². The molecule has 3 rings (SSSR count). The summed E-state index contributed by atoms with van der Waals surface area (Å²) in [5.74, 6) is 6.57. The molecule has 0 saturated heterocycles. The highest BCUT2D eigenvalue weighted by Crippen LogP contribution is 2.30. The quantitative estimate of drug-likeness (QED) is 0.447. The monoisotopic (exact) mass is 407 g/mol. The Balaban J connectivity index is 1.96. The van der Waals surface area contributed by atoms with Crippen LogP contribution in [0.5, 0.6) is 0 Å². The molecule has 0 amide bonds. The fraction of sp³-hybridized carbons (Fsp3) is 0. The molecule has 3 aromatic rings. The fourth-order valence-corrected chi connectivity index (χ4v) is 2.79. The zero-order valence-corrected chi connectivity index (χ0v) is 13.9. The number of benzene rings is 2. The molecule has 0 radical (unpaired) electrons. The molecule has 0 aliphatic heterocycles. The number of anilines is 3. The topological polar surface area (TPSA) is 75.9 Å². The van der Waals surface area contributed by atoms with E-state index >= 15 is 0 Å². The van der Waals surface area contributed by atoms with E-state index in [1.807, 2.05) is 12.1 Å². The third-order valence-electron chi connectivity index (χ3n) is 2.99. The van der Waals surface area contributed by atoms with Gasteiger partial charge in [0.2, 0.25) is 0 Å². The third-order valence-corrected chi connectivity index (χ3v) is 4.24. The molecule has 5 nitrogen and oxygen atoms in total. The number of nitrogens with one attached hydrogen (secondary N) is 2. The van der Waals surface area contributed by atoms with E-state index in [-0.39, 0.29) is 0 Å².